The predicted octanol–water partition coefficient (Wildman–Crippen LogP) is 2.90. The van der Waals surface area contributed by atoms with Gasteiger partial charge < -0.3 is 15.5 Å². The van der Waals surface area contributed by atoms with Crippen LogP contribution in [0.15, 0.2) is 28.7 Å². The van der Waals surface area contributed by atoms with Crippen LogP contribution in [0.1, 0.15) is 32.1 Å². The molecule has 0 bridgehead atoms. The van der Waals surface area contributed by atoms with Crippen LogP contribution in [0.25, 0.3) is 11.1 Å². The molecule has 4 nitrogen and oxygen atoms in total. The number of benzene rings is 1. The molecule has 1 aromatic carbocycles. The number of nitrogens with zero attached hydrogens (tertiary/aromatic N) is 1. The Hall–Kier alpha value is -1.55. The second-order valence-electron chi connectivity index (χ2n) is 5.16. The van der Waals surface area contributed by atoms with Crippen molar-refractivity contribution in [2.75, 3.05) is 11.9 Å². The van der Waals surface area contributed by atoms with Crippen molar-refractivity contribution < 1.29 is 4.42 Å². The van der Waals surface area contributed by atoms with Crippen LogP contribution in [0.4, 0.5) is 6.01 Å². The van der Waals surface area contributed by atoms with Gasteiger partial charge in [-0.05, 0) is 25.0 Å². The Balaban J connectivity index is 1.85. The molecule has 4 heteroatoms. The Bertz CT molecular complexity index is 496. The number of nitrogens with two attached hydrogens (primary N) is 1. The van der Waals surface area contributed by atoms with Gasteiger partial charge in [-0.25, -0.2) is 0 Å². The van der Waals surface area contributed by atoms with Gasteiger partial charge in [-0.15, -0.1) is 0 Å². The fourth-order valence-corrected chi connectivity index (χ4v) is 2.76. The number of nitrogens with one attached hydrogen (secondary N) is 1. The number of hydrogen-bond acceptors (Lipinski definition) is 4. The van der Waals surface area contributed by atoms with E-state index in [2.05, 4.69) is 10.3 Å². The van der Waals surface area contributed by atoms with Crippen molar-refractivity contribution >= 4 is 17.1 Å². The Morgan fingerprint density at radius 1 is 1.22 bits per heavy atom. The average Bonchev–Trinajstić information content (AvgIpc) is 2.81. The smallest absolute Gasteiger partial charge is 0.296 e. The number of anilines is 1. The fourth-order valence-electron chi connectivity index (χ4n) is 2.76. The van der Waals surface area contributed by atoms with E-state index in [0.717, 1.165) is 23.9 Å². The molecule has 96 valence electrons. The van der Waals surface area contributed by atoms with E-state index >= 15 is 0 Å². The highest BCUT2D eigenvalue weighted by Gasteiger charge is 2.31. The van der Waals surface area contributed by atoms with Gasteiger partial charge in [0.2, 0.25) is 0 Å². The molecule has 1 saturated carbocycles. The lowest BCUT2D eigenvalue weighted by Crippen LogP contribution is -2.47. The van der Waals surface area contributed by atoms with Crippen molar-refractivity contribution in [1.82, 2.24) is 4.98 Å². The maximum absolute atomic E-state index is 5.95. The van der Waals surface area contributed by atoms with Gasteiger partial charge in [0.05, 0.1) is 5.54 Å². The van der Waals surface area contributed by atoms with E-state index in [-0.39, 0.29) is 5.54 Å². The molecule has 1 aliphatic rings. The first-order valence-corrected chi connectivity index (χ1v) is 6.65. The van der Waals surface area contributed by atoms with Crippen LogP contribution >= 0.6 is 0 Å². The predicted molar refractivity (Wildman–Crippen MR) is 72.5 cm³/mol. The van der Waals surface area contributed by atoms with Crippen molar-refractivity contribution in [3.8, 4) is 0 Å². The molecule has 1 heterocycles. The molecule has 0 spiro atoms. The zero-order chi connectivity index (χ0) is 12.4. The zero-order valence-electron chi connectivity index (χ0n) is 10.5. The summed E-state index contributed by atoms with van der Waals surface area (Å²) >= 11 is 0. The monoisotopic (exact) mass is 245 g/mol. The van der Waals surface area contributed by atoms with Gasteiger partial charge >= 0.3 is 0 Å². The van der Waals surface area contributed by atoms with Crippen molar-refractivity contribution in [2.45, 2.75) is 37.6 Å². The van der Waals surface area contributed by atoms with Crippen molar-refractivity contribution in [3.63, 3.8) is 0 Å². The number of oxazole rings is 1. The molecule has 1 fully saturated rings. The normalized spacial score (nSPS) is 18.9. The highest BCUT2D eigenvalue weighted by atomic mass is 16.4. The minimum atomic E-state index is -0.0286. The number of fused-ring (bicyclic) bond motifs is 1. The van der Waals surface area contributed by atoms with Gasteiger partial charge in [0.15, 0.2) is 5.58 Å². The highest BCUT2D eigenvalue weighted by molar-refractivity contribution is 5.74. The number of aromatic nitrogens is 1. The van der Waals surface area contributed by atoms with Crippen molar-refractivity contribution in [3.05, 3.63) is 24.3 Å². The molecule has 18 heavy (non-hydrogen) atoms. The molecule has 0 amide bonds. The topological polar surface area (TPSA) is 64.1 Å². The SMILES string of the molecule is NCC1(Nc2nc3ccccc3o2)CCCCC1. The molecule has 0 unspecified atom stereocenters. The Labute approximate surface area is 107 Å². The van der Waals surface area contributed by atoms with E-state index in [4.69, 9.17) is 10.2 Å². The number of hydrogen-bond donors (Lipinski definition) is 2. The minimum Gasteiger partial charge on any atom is -0.424 e. The summed E-state index contributed by atoms with van der Waals surface area (Å²) in [4.78, 5) is 4.47. The lowest BCUT2D eigenvalue weighted by molar-refractivity contribution is 0.323. The van der Waals surface area contributed by atoms with E-state index in [1.807, 2.05) is 24.3 Å². The maximum Gasteiger partial charge on any atom is 0.296 e. The van der Waals surface area contributed by atoms with Crippen LogP contribution < -0.4 is 11.1 Å². The van der Waals surface area contributed by atoms with Crippen LogP contribution in [0.5, 0.6) is 0 Å². The number of rotatable bonds is 3. The first-order chi connectivity index (χ1) is 8.81. The summed E-state index contributed by atoms with van der Waals surface area (Å²) in [5.74, 6) is 0. The molecule has 0 atom stereocenters. The largest absolute Gasteiger partial charge is 0.424 e. The van der Waals surface area contributed by atoms with E-state index in [1.165, 1.54) is 19.3 Å². The first-order valence-electron chi connectivity index (χ1n) is 6.65. The molecule has 0 saturated heterocycles. The lowest BCUT2D eigenvalue weighted by Gasteiger charge is -2.36. The van der Waals surface area contributed by atoms with Crippen LogP contribution in [0, 0.1) is 0 Å². The standard InChI is InChI=1S/C14H19N3O/c15-10-14(8-4-1-5-9-14)17-13-16-11-6-2-3-7-12(11)18-13/h2-3,6-7H,1,4-5,8-10,15H2,(H,16,17). The summed E-state index contributed by atoms with van der Waals surface area (Å²) in [6.07, 6.45) is 5.95. The highest BCUT2D eigenvalue weighted by Crippen LogP contribution is 2.31. The van der Waals surface area contributed by atoms with Gasteiger partial charge in [0, 0.05) is 6.54 Å². The van der Waals surface area contributed by atoms with E-state index in [9.17, 15) is 0 Å². The van der Waals surface area contributed by atoms with Gasteiger partial charge in [-0.1, -0.05) is 31.4 Å². The van der Waals surface area contributed by atoms with Gasteiger partial charge in [0.1, 0.15) is 5.52 Å². The quantitative estimate of drug-likeness (QED) is 0.872. The minimum absolute atomic E-state index is 0.0286. The third-order valence-corrected chi connectivity index (χ3v) is 3.87. The Morgan fingerprint density at radius 3 is 2.72 bits per heavy atom. The summed E-state index contributed by atoms with van der Waals surface area (Å²) in [5, 5.41) is 3.43. The van der Waals surface area contributed by atoms with E-state index in [1.54, 1.807) is 0 Å². The van der Waals surface area contributed by atoms with Crippen LogP contribution in [0.2, 0.25) is 0 Å². The first kappa shape index (κ1) is 11.5. The average molecular weight is 245 g/mol. The van der Waals surface area contributed by atoms with Gasteiger partial charge in [-0.2, -0.15) is 4.98 Å². The molecule has 1 aromatic heterocycles. The van der Waals surface area contributed by atoms with Crippen LogP contribution in [-0.2, 0) is 0 Å². The molecule has 3 N–H and O–H groups in total. The molecular weight excluding hydrogens is 226 g/mol. The van der Waals surface area contributed by atoms with Gasteiger partial charge in [0.25, 0.3) is 6.01 Å². The maximum atomic E-state index is 5.95. The van der Waals surface area contributed by atoms with E-state index in [0.29, 0.717) is 12.6 Å². The second kappa shape index (κ2) is 4.61. The zero-order valence-corrected chi connectivity index (χ0v) is 10.5. The number of para-hydroxylation sites is 2. The summed E-state index contributed by atoms with van der Waals surface area (Å²) in [6.45, 7) is 0.631. The lowest BCUT2D eigenvalue weighted by atomic mass is 9.82. The molecule has 1 aliphatic carbocycles. The Morgan fingerprint density at radius 2 is 2.00 bits per heavy atom. The van der Waals surface area contributed by atoms with Crippen LogP contribution in [-0.4, -0.2) is 17.1 Å². The van der Waals surface area contributed by atoms with Crippen LogP contribution in [0.3, 0.4) is 0 Å². The second-order valence-corrected chi connectivity index (χ2v) is 5.16. The summed E-state index contributed by atoms with van der Waals surface area (Å²) in [5.41, 5.74) is 7.63. The fraction of sp³-hybridized carbons (Fsp3) is 0.500. The Kier molecular flexibility index (Phi) is 2.96. The van der Waals surface area contributed by atoms with E-state index < -0.39 is 0 Å². The summed E-state index contributed by atoms with van der Waals surface area (Å²) in [7, 11) is 0. The summed E-state index contributed by atoms with van der Waals surface area (Å²) < 4.78 is 5.72. The molecular formula is C14H19N3O. The summed E-state index contributed by atoms with van der Waals surface area (Å²) in [6, 6.07) is 8.41. The van der Waals surface area contributed by atoms with Crippen molar-refractivity contribution in [1.29, 1.82) is 0 Å². The molecule has 0 radical (unpaired) electrons. The third kappa shape index (κ3) is 2.08. The van der Waals surface area contributed by atoms with Gasteiger partial charge in [-0.3, -0.25) is 0 Å². The molecule has 2 aromatic rings. The third-order valence-electron chi connectivity index (χ3n) is 3.87. The van der Waals surface area contributed by atoms with Crippen molar-refractivity contribution in [2.24, 2.45) is 5.73 Å². The molecule has 3 rings (SSSR count). The molecule has 0 aliphatic heterocycles.